The minimum atomic E-state index is -0.0110. The van der Waals surface area contributed by atoms with Crippen LogP contribution in [0.3, 0.4) is 0 Å². The van der Waals surface area contributed by atoms with Gasteiger partial charge in [-0.25, -0.2) is 0 Å². The van der Waals surface area contributed by atoms with Gasteiger partial charge in [0.15, 0.2) is 6.29 Å². The molecule has 15 heavy (non-hydrogen) atoms. The molecule has 0 atom stereocenters. The minimum absolute atomic E-state index is 0.0110. The molecule has 3 nitrogen and oxygen atoms in total. The summed E-state index contributed by atoms with van der Waals surface area (Å²) in [5, 5.41) is 9.81. The standard InChI is InChI=1S/C12H14O3/c1-7(2)10-4-9(5-13)8(3)11(6-14)12(10)15/h4-7,15H,1-3H3. The Morgan fingerprint density at radius 2 is 1.87 bits per heavy atom. The molecule has 0 fully saturated rings. The van der Waals surface area contributed by atoms with E-state index in [1.54, 1.807) is 13.0 Å². The highest BCUT2D eigenvalue weighted by molar-refractivity contribution is 5.89. The van der Waals surface area contributed by atoms with Crippen molar-refractivity contribution >= 4 is 12.6 Å². The van der Waals surface area contributed by atoms with Gasteiger partial charge < -0.3 is 5.11 Å². The predicted octanol–water partition coefficient (Wildman–Crippen LogP) is 2.45. The van der Waals surface area contributed by atoms with E-state index < -0.39 is 0 Å². The third-order valence-corrected chi connectivity index (χ3v) is 2.54. The molecule has 0 spiro atoms. The van der Waals surface area contributed by atoms with Crippen molar-refractivity contribution in [1.29, 1.82) is 0 Å². The van der Waals surface area contributed by atoms with E-state index in [4.69, 9.17) is 0 Å². The van der Waals surface area contributed by atoms with Crippen molar-refractivity contribution in [3.63, 3.8) is 0 Å². The Labute approximate surface area is 88.7 Å². The second kappa shape index (κ2) is 4.26. The van der Waals surface area contributed by atoms with Crippen LogP contribution >= 0.6 is 0 Å². The van der Waals surface area contributed by atoms with Gasteiger partial charge in [0.2, 0.25) is 0 Å². The number of phenolic OH excluding ortho intramolecular Hbond substituents is 1. The molecular formula is C12H14O3. The van der Waals surface area contributed by atoms with E-state index in [0.29, 0.717) is 29.3 Å². The molecule has 0 amide bonds. The lowest BCUT2D eigenvalue weighted by molar-refractivity contribution is 0.112. The smallest absolute Gasteiger partial charge is 0.154 e. The molecular weight excluding hydrogens is 192 g/mol. The van der Waals surface area contributed by atoms with Crippen LogP contribution in [-0.2, 0) is 0 Å². The molecule has 0 aliphatic heterocycles. The molecule has 0 saturated carbocycles. The highest BCUT2D eigenvalue weighted by atomic mass is 16.3. The van der Waals surface area contributed by atoms with Crippen molar-refractivity contribution in [2.45, 2.75) is 26.7 Å². The first kappa shape index (κ1) is 11.4. The first-order valence-electron chi connectivity index (χ1n) is 4.79. The Morgan fingerprint density at radius 3 is 2.27 bits per heavy atom. The minimum Gasteiger partial charge on any atom is -0.507 e. The molecule has 3 heteroatoms. The van der Waals surface area contributed by atoms with Crippen molar-refractivity contribution in [1.82, 2.24) is 0 Å². The summed E-state index contributed by atoms with van der Waals surface area (Å²) in [5.74, 6) is 0.0612. The number of aromatic hydroxyl groups is 1. The van der Waals surface area contributed by atoms with Crippen LogP contribution in [0.1, 0.15) is 51.6 Å². The molecule has 0 bridgehead atoms. The Balaban J connectivity index is 3.58. The molecule has 1 aromatic carbocycles. The van der Waals surface area contributed by atoms with Crippen LogP contribution in [0.5, 0.6) is 5.75 Å². The average molecular weight is 206 g/mol. The van der Waals surface area contributed by atoms with Crippen LogP contribution in [0.2, 0.25) is 0 Å². The van der Waals surface area contributed by atoms with Gasteiger partial charge in [-0.1, -0.05) is 13.8 Å². The topological polar surface area (TPSA) is 54.4 Å². The van der Waals surface area contributed by atoms with Gasteiger partial charge in [-0.2, -0.15) is 0 Å². The fourth-order valence-electron chi connectivity index (χ4n) is 1.54. The second-order valence-corrected chi connectivity index (χ2v) is 3.83. The van der Waals surface area contributed by atoms with Crippen molar-refractivity contribution in [3.05, 3.63) is 28.3 Å². The van der Waals surface area contributed by atoms with E-state index in [-0.39, 0.29) is 17.2 Å². The Morgan fingerprint density at radius 1 is 1.27 bits per heavy atom. The summed E-state index contributed by atoms with van der Waals surface area (Å²) in [6.45, 7) is 5.44. The zero-order chi connectivity index (χ0) is 11.6. The highest BCUT2D eigenvalue weighted by Gasteiger charge is 2.15. The molecule has 0 saturated heterocycles. The number of carbonyl (C=O) groups is 2. The number of carbonyl (C=O) groups excluding carboxylic acids is 2. The fourth-order valence-corrected chi connectivity index (χ4v) is 1.54. The summed E-state index contributed by atoms with van der Waals surface area (Å²) in [4.78, 5) is 21.6. The number of benzene rings is 1. The van der Waals surface area contributed by atoms with Crippen LogP contribution < -0.4 is 0 Å². The lowest BCUT2D eigenvalue weighted by Gasteiger charge is -2.13. The lowest BCUT2D eigenvalue weighted by Crippen LogP contribution is -2.00. The van der Waals surface area contributed by atoms with Crippen LogP contribution in [-0.4, -0.2) is 17.7 Å². The molecule has 1 N–H and O–H groups in total. The van der Waals surface area contributed by atoms with Crippen LogP contribution in [0.15, 0.2) is 6.07 Å². The van der Waals surface area contributed by atoms with Gasteiger partial charge in [0.1, 0.15) is 12.0 Å². The van der Waals surface area contributed by atoms with E-state index in [2.05, 4.69) is 0 Å². The maximum atomic E-state index is 10.8. The maximum absolute atomic E-state index is 10.8. The Kier molecular flexibility index (Phi) is 3.24. The van der Waals surface area contributed by atoms with E-state index >= 15 is 0 Å². The molecule has 0 aliphatic carbocycles. The summed E-state index contributed by atoms with van der Waals surface area (Å²) >= 11 is 0. The predicted molar refractivity (Wildman–Crippen MR) is 57.7 cm³/mol. The molecule has 0 unspecified atom stereocenters. The Hall–Kier alpha value is -1.64. The van der Waals surface area contributed by atoms with Gasteiger partial charge in [0.05, 0.1) is 5.56 Å². The SMILES string of the molecule is Cc1c(C=O)cc(C(C)C)c(O)c1C=O. The van der Waals surface area contributed by atoms with Crippen molar-refractivity contribution in [3.8, 4) is 5.75 Å². The number of phenols is 1. The van der Waals surface area contributed by atoms with Crippen molar-refractivity contribution in [2.75, 3.05) is 0 Å². The highest BCUT2D eigenvalue weighted by Crippen LogP contribution is 2.31. The van der Waals surface area contributed by atoms with Gasteiger partial charge in [-0.15, -0.1) is 0 Å². The third kappa shape index (κ3) is 1.91. The normalized spacial score (nSPS) is 10.4. The zero-order valence-corrected chi connectivity index (χ0v) is 9.07. The summed E-state index contributed by atoms with van der Waals surface area (Å²) in [7, 11) is 0. The van der Waals surface area contributed by atoms with E-state index in [0.717, 1.165) is 0 Å². The lowest BCUT2D eigenvalue weighted by atomic mass is 9.93. The maximum Gasteiger partial charge on any atom is 0.154 e. The number of rotatable bonds is 3. The van der Waals surface area contributed by atoms with Crippen LogP contribution in [0, 0.1) is 6.92 Å². The monoisotopic (exact) mass is 206 g/mol. The largest absolute Gasteiger partial charge is 0.507 e. The van der Waals surface area contributed by atoms with Crippen molar-refractivity contribution in [2.24, 2.45) is 0 Å². The van der Waals surface area contributed by atoms with Gasteiger partial charge in [0.25, 0.3) is 0 Å². The quantitative estimate of drug-likeness (QED) is 0.773. The zero-order valence-electron chi connectivity index (χ0n) is 9.07. The summed E-state index contributed by atoms with van der Waals surface area (Å²) < 4.78 is 0. The molecule has 0 aromatic heterocycles. The van der Waals surface area contributed by atoms with Crippen LogP contribution in [0.4, 0.5) is 0 Å². The first-order valence-corrected chi connectivity index (χ1v) is 4.79. The second-order valence-electron chi connectivity index (χ2n) is 3.83. The van der Waals surface area contributed by atoms with Crippen LogP contribution in [0.25, 0.3) is 0 Å². The van der Waals surface area contributed by atoms with Gasteiger partial charge in [-0.3, -0.25) is 9.59 Å². The summed E-state index contributed by atoms with van der Waals surface area (Å²) in [6, 6.07) is 1.63. The fraction of sp³-hybridized carbons (Fsp3) is 0.333. The Bertz CT molecular complexity index is 406. The van der Waals surface area contributed by atoms with E-state index in [1.165, 1.54) is 0 Å². The molecule has 0 radical (unpaired) electrons. The summed E-state index contributed by atoms with van der Waals surface area (Å²) in [5.41, 5.74) is 1.83. The first-order chi connectivity index (χ1) is 7.02. The molecule has 1 aromatic rings. The third-order valence-electron chi connectivity index (χ3n) is 2.54. The number of hydrogen-bond donors (Lipinski definition) is 1. The molecule has 80 valence electrons. The van der Waals surface area contributed by atoms with Gasteiger partial charge in [-0.05, 0) is 30.0 Å². The van der Waals surface area contributed by atoms with Gasteiger partial charge in [0, 0.05) is 5.56 Å². The van der Waals surface area contributed by atoms with Crippen molar-refractivity contribution < 1.29 is 14.7 Å². The summed E-state index contributed by atoms with van der Waals surface area (Å²) in [6.07, 6.45) is 1.29. The molecule has 1 rings (SSSR count). The van der Waals surface area contributed by atoms with Gasteiger partial charge >= 0.3 is 0 Å². The van der Waals surface area contributed by atoms with E-state index in [1.807, 2.05) is 13.8 Å². The average Bonchev–Trinajstić information content (AvgIpc) is 2.18. The molecule has 0 heterocycles. The van der Waals surface area contributed by atoms with E-state index in [9.17, 15) is 14.7 Å². The number of hydrogen-bond acceptors (Lipinski definition) is 3. The molecule has 0 aliphatic rings. The number of aldehydes is 2.